The summed E-state index contributed by atoms with van der Waals surface area (Å²) in [5, 5.41) is 12.3. The van der Waals surface area contributed by atoms with Crippen molar-refractivity contribution < 1.29 is 14.5 Å². The molecule has 0 aliphatic carbocycles. The quantitative estimate of drug-likeness (QED) is 0.307. The zero-order chi connectivity index (χ0) is 23.6. The monoisotopic (exact) mass is 490 g/mol. The van der Waals surface area contributed by atoms with Crippen molar-refractivity contribution in [3.05, 3.63) is 104 Å². The largest absolute Gasteiger partial charge is 0.306 e. The summed E-state index contributed by atoms with van der Waals surface area (Å²) in [7, 11) is 0. The van der Waals surface area contributed by atoms with Crippen LogP contribution in [0.4, 0.5) is 5.69 Å². The molecule has 168 valence electrons. The second-order valence-corrected chi connectivity index (χ2v) is 9.62. The van der Waals surface area contributed by atoms with E-state index in [4.69, 9.17) is 11.6 Å². The Morgan fingerprint density at radius 1 is 1.12 bits per heavy atom. The average Bonchev–Trinajstić information content (AvgIpc) is 3.51. The second-order valence-electron chi connectivity index (χ2n) is 8.10. The molecule has 4 heterocycles. The van der Waals surface area contributed by atoms with Gasteiger partial charge in [0.1, 0.15) is 0 Å². The Bertz CT molecular complexity index is 1520. The van der Waals surface area contributed by atoms with Gasteiger partial charge in [0.2, 0.25) is 0 Å². The first-order chi connectivity index (χ1) is 16.4. The molecular weight excluding hydrogens is 476 g/mol. The molecule has 4 aromatic rings. The van der Waals surface area contributed by atoms with Gasteiger partial charge < -0.3 is 9.80 Å². The van der Waals surface area contributed by atoms with E-state index in [0.29, 0.717) is 39.5 Å². The molecule has 0 bridgehead atoms. The number of carbonyl (C=O) groups excluding carboxylic acids is 2. The molecule has 0 spiro atoms. The van der Waals surface area contributed by atoms with Crippen molar-refractivity contribution in [2.45, 2.75) is 5.66 Å². The highest BCUT2D eigenvalue weighted by molar-refractivity contribution is 7.20. The molecule has 10 heteroatoms. The first kappa shape index (κ1) is 20.8. The lowest BCUT2D eigenvalue weighted by molar-refractivity contribution is -0.384. The van der Waals surface area contributed by atoms with Crippen LogP contribution in [0.15, 0.2) is 67.0 Å². The van der Waals surface area contributed by atoms with Gasteiger partial charge in [-0.25, -0.2) is 0 Å². The molecule has 2 aromatic carbocycles. The van der Waals surface area contributed by atoms with E-state index in [-0.39, 0.29) is 17.5 Å². The van der Waals surface area contributed by atoms with Crippen molar-refractivity contribution in [2.75, 3.05) is 13.1 Å². The van der Waals surface area contributed by atoms with E-state index in [1.807, 2.05) is 12.1 Å². The third-order valence-electron chi connectivity index (χ3n) is 6.41. The summed E-state index contributed by atoms with van der Waals surface area (Å²) in [4.78, 5) is 46.1. The highest BCUT2D eigenvalue weighted by Crippen LogP contribution is 2.50. The third kappa shape index (κ3) is 2.74. The molecule has 0 radical (unpaired) electrons. The van der Waals surface area contributed by atoms with Gasteiger partial charge in [0.25, 0.3) is 17.5 Å². The van der Waals surface area contributed by atoms with E-state index in [0.717, 1.165) is 10.3 Å². The Kier molecular flexibility index (Phi) is 4.48. The number of pyridine rings is 1. The highest BCUT2D eigenvalue weighted by atomic mass is 35.5. The number of hydrogen-bond donors (Lipinski definition) is 0. The predicted octanol–water partition coefficient (Wildman–Crippen LogP) is 4.67. The van der Waals surface area contributed by atoms with Crippen LogP contribution >= 0.6 is 22.9 Å². The minimum Gasteiger partial charge on any atom is -0.306 e. The lowest BCUT2D eigenvalue weighted by Gasteiger charge is -2.40. The van der Waals surface area contributed by atoms with Gasteiger partial charge in [0.15, 0.2) is 5.66 Å². The number of halogens is 1. The van der Waals surface area contributed by atoms with Crippen LogP contribution in [0.1, 0.15) is 31.2 Å². The van der Waals surface area contributed by atoms with Crippen LogP contribution in [0.25, 0.3) is 10.1 Å². The molecule has 2 amide bonds. The van der Waals surface area contributed by atoms with E-state index in [2.05, 4.69) is 4.98 Å². The molecule has 8 nitrogen and oxygen atoms in total. The molecule has 1 fully saturated rings. The number of carbonyl (C=O) groups is 2. The van der Waals surface area contributed by atoms with Crippen molar-refractivity contribution in [1.29, 1.82) is 0 Å². The van der Waals surface area contributed by atoms with Gasteiger partial charge in [-0.2, -0.15) is 0 Å². The maximum Gasteiger partial charge on any atom is 0.270 e. The van der Waals surface area contributed by atoms with E-state index >= 15 is 0 Å². The molecule has 1 unspecified atom stereocenters. The first-order valence-electron chi connectivity index (χ1n) is 10.4. The van der Waals surface area contributed by atoms with Gasteiger partial charge in [0.05, 0.1) is 15.4 Å². The second kappa shape index (κ2) is 7.34. The summed E-state index contributed by atoms with van der Waals surface area (Å²) in [5.74, 6) is -0.416. The van der Waals surface area contributed by atoms with Crippen LogP contribution in [-0.2, 0) is 5.66 Å². The molecule has 1 atom stereocenters. The lowest BCUT2D eigenvalue weighted by atomic mass is 9.91. The SMILES string of the molecule is O=C(c1cc2cc([N+](=O)[O-])ccc2s1)N1CCN2C(=O)c3ccncc3C12c1ccc(Cl)cc1. The number of nitrogens with zero attached hydrogens (tertiary/aromatic N) is 4. The number of nitro benzene ring substituents is 1. The predicted molar refractivity (Wildman–Crippen MR) is 127 cm³/mol. The van der Waals surface area contributed by atoms with Gasteiger partial charge >= 0.3 is 0 Å². The Morgan fingerprint density at radius 3 is 2.68 bits per heavy atom. The van der Waals surface area contributed by atoms with Crippen LogP contribution in [0.3, 0.4) is 0 Å². The Morgan fingerprint density at radius 2 is 1.91 bits per heavy atom. The molecule has 1 saturated heterocycles. The molecule has 0 N–H and O–H groups in total. The summed E-state index contributed by atoms with van der Waals surface area (Å²) < 4.78 is 0.773. The molecule has 2 aromatic heterocycles. The number of aromatic nitrogens is 1. The van der Waals surface area contributed by atoms with Crippen LogP contribution in [-0.4, -0.2) is 44.6 Å². The Labute approximate surface area is 202 Å². The molecule has 0 saturated carbocycles. The standard InChI is InChI=1S/C24H15ClN4O4S/c25-16-3-1-15(2-4-16)24-19-13-26-8-7-18(19)22(30)27(24)9-10-28(24)23(31)21-12-14-11-17(29(32)33)5-6-20(14)34-21/h1-8,11-13H,9-10H2. The maximum absolute atomic E-state index is 14.0. The molecule has 2 aliphatic heterocycles. The lowest BCUT2D eigenvalue weighted by Crippen LogP contribution is -2.51. The number of amides is 2. The van der Waals surface area contributed by atoms with Gasteiger partial charge in [-0.15, -0.1) is 11.3 Å². The minimum atomic E-state index is -1.15. The summed E-state index contributed by atoms with van der Waals surface area (Å²) >= 11 is 7.41. The van der Waals surface area contributed by atoms with Crippen LogP contribution < -0.4 is 0 Å². The van der Waals surface area contributed by atoms with E-state index in [9.17, 15) is 19.7 Å². The number of fused-ring (bicyclic) bond motifs is 4. The van der Waals surface area contributed by atoms with Gasteiger partial charge in [-0.05, 0) is 30.3 Å². The average molecular weight is 491 g/mol. The summed E-state index contributed by atoms with van der Waals surface area (Å²) in [6, 6.07) is 15.0. The van der Waals surface area contributed by atoms with Crippen molar-refractivity contribution in [1.82, 2.24) is 14.8 Å². The first-order valence-corrected chi connectivity index (χ1v) is 11.6. The number of thiophene rings is 1. The third-order valence-corrected chi connectivity index (χ3v) is 7.77. The van der Waals surface area contributed by atoms with Crippen molar-refractivity contribution in [3.8, 4) is 0 Å². The fraction of sp³-hybridized carbons (Fsp3) is 0.125. The van der Waals surface area contributed by atoms with Crippen molar-refractivity contribution >= 4 is 50.5 Å². The van der Waals surface area contributed by atoms with E-state index in [1.165, 1.54) is 23.5 Å². The molecule has 2 aliphatic rings. The number of non-ortho nitro benzene ring substituents is 1. The van der Waals surface area contributed by atoms with Crippen molar-refractivity contribution in [3.63, 3.8) is 0 Å². The Balaban J connectivity index is 1.53. The van der Waals surface area contributed by atoms with E-state index < -0.39 is 10.6 Å². The fourth-order valence-corrected chi connectivity index (χ4v) is 6.11. The highest BCUT2D eigenvalue weighted by Gasteiger charge is 2.60. The van der Waals surface area contributed by atoms with Gasteiger partial charge in [-0.1, -0.05) is 23.7 Å². The van der Waals surface area contributed by atoms with Crippen LogP contribution in [0.2, 0.25) is 5.02 Å². The normalized spacial score (nSPS) is 18.9. The van der Waals surface area contributed by atoms with Gasteiger partial charge in [-0.3, -0.25) is 24.7 Å². The molecule has 34 heavy (non-hydrogen) atoms. The zero-order valence-electron chi connectivity index (χ0n) is 17.5. The summed E-state index contributed by atoms with van der Waals surface area (Å²) in [6.45, 7) is 0.689. The van der Waals surface area contributed by atoms with Crippen molar-refractivity contribution in [2.24, 2.45) is 0 Å². The van der Waals surface area contributed by atoms with E-state index in [1.54, 1.807) is 52.5 Å². The Hall–Kier alpha value is -3.82. The van der Waals surface area contributed by atoms with Crippen LogP contribution in [0.5, 0.6) is 0 Å². The summed E-state index contributed by atoms with van der Waals surface area (Å²) in [5.41, 5.74) is 0.708. The number of nitro groups is 1. The zero-order valence-corrected chi connectivity index (χ0v) is 19.0. The maximum atomic E-state index is 14.0. The fourth-order valence-electron chi connectivity index (χ4n) is 4.99. The topological polar surface area (TPSA) is 96.6 Å². The number of benzene rings is 2. The smallest absolute Gasteiger partial charge is 0.270 e. The van der Waals surface area contributed by atoms with Gasteiger partial charge in [0, 0.05) is 63.9 Å². The number of rotatable bonds is 3. The molecular formula is C24H15ClN4O4S. The van der Waals surface area contributed by atoms with Crippen LogP contribution in [0, 0.1) is 10.1 Å². The molecule has 6 rings (SSSR count). The summed E-state index contributed by atoms with van der Waals surface area (Å²) in [6.07, 6.45) is 3.21. The minimum absolute atomic E-state index is 0.0318. The number of hydrogen-bond acceptors (Lipinski definition) is 6.